The van der Waals surface area contributed by atoms with E-state index in [9.17, 15) is 8.42 Å². The summed E-state index contributed by atoms with van der Waals surface area (Å²) in [5, 5.41) is 0. The van der Waals surface area contributed by atoms with Crippen LogP contribution in [0.2, 0.25) is 0 Å². The van der Waals surface area contributed by atoms with Crippen molar-refractivity contribution in [3.63, 3.8) is 0 Å². The average Bonchev–Trinajstić information content (AvgIpc) is 3.05. The average molecular weight is 375 g/mol. The zero-order valence-corrected chi connectivity index (χ0v) is 15.5. The van der Waals surface area contributed by atoms with E-state index in [1.165, 1.54) is 6.26 Å². The minimum atomic E-state index is -3.23. The highest BCUT2D eigenvalue weighted by molar-refractivity contribution is 7.90. The fourth-order valence-electron chi connectivity index (χ4n) is 2.86. The number of rotatable bonds is 4. The van der Waals surface area contributed by atoms with Crippen LogP contribution in [0.1, 0.15) is 5.69 Å². The van der Waals surface area contributed by atoms with Gasteiger partial charge in [-0.2, -0.15) is 0 Å². The van der Waals surface area contributed by atoms with Crippen LogP contribution < -0.4 is 0 Å². The maximum absolute atomic E-state index is 11.7. The lowest BCUT2D eigenvalue weighted by Gasteiger charge is -2.03. The van der Waals surface area contributed by atoms with E-state index >= 15 is 0 Å². The molecular formula is C21H17N3O2S. The molecule has 0 unspecified atom stereocenters. The molecule has 27 heavy (non-hydrogen) atoms. The molecule has 0 amide bonds. The summed E-state index contributed by atoms with van der Waals surface area (Å²) in [6, 6.07) is 22.2. The first kappa shape index (κ1) is 17.2. The molecule has 0 saturated heterocycles. The molecule has 0 bridgehead atoms. The zero-order valence-electron chi connectivity index (χ0n) is 14.6. The van der Waals surface area contributed by atoms with Crippen LogP contribution in [0.25, 0.3) is 16.9 Å². The van der Waals surface area contributed by atoms with Crippen molar-refractivity contribution in [3.05, 3.63) is 84.7 Å². The zero-order chi connectivity index (χ0) is 18.9. The van der Waals surface area contributed by atoms with Gasteiger partial charge >= 0.3 is 0 Å². The minimum absolute atomic E-state index is 0.287. The van der Waals surface area contributed by atoms with Crippen LogP contribution in [-0.4, -0.2) is 30.3 Å². The van der Waals surface area contributed by atoms with Gasteiger partial charge in [-0.3, -0.25) is 9.39 Å². The van der Waals surface area contributed by atoms with Crippen molar-refractivity contribution in [2.75, 3.05) is 6.26 Å². The summed E-state index contributed by atoms with van der Waals surface area (Å²) < 4.78 is 25.4. The Hall–Kier alpha value is -3.25. The maximum Gasteiger partial charge on any atom is 0.175 e. The minimum Gasteiger partial charge on any atom is -0.298 e. The summed E-state index contributed by atoms with van der Waals surface area (Å²) >= 11 is 0. The molecule has 0 aliphatic carbocycles. The highest BCUT2D eigenvalue weighted by Crippen LogP contribution is 2.25. The number of pyridine rings is 1. The Kier molecular flexibility index (Phi) is 4.33. The van der Waals surface area contributed by atoms with Crippen LogP contribution in [0.5, 0.6) is 0 Å². The molecule has 2 heterocycles. The molecule has 0 fully saturated rings. The fourth-order valence-corrected chi connectivity index (χ4v) is 3.49. The molecule has 0 spiro atoms. The summed E-state index contributed by atoms with van der Waals surface area (Å²) in [6.07, 6.45) is 4.92. The molecule has 0 saturated carbocycles. The molecule has 0 radical (unpaired) electrons. The fraction of sp³-hybridized carbons (Fsp3) is 0.0476. The number of benzene rings is 2. The normalized spacial score (nSPS) is 12.0. The summed E-state index contributed by atoms with van der Waals surface area (Å²) in [5.74, 6) is 0. The van der Waals surface area contributed by atoms with Crippen LogP contribution in [0.4, 0.5) is 5.69 Å². The van der Waals surface area contributed by atoms with Crippen molar-refractivity contribution < 1.29 is 8.42 Å². The van der Waals surface area contributed by atoms with E-state index in [2.05, 4.69) is 4.99 Å². The van der Waals surface area contributed by atoms with Gasteiger partial charge in [-0.05, 0) is 36.4 Å². The first-order chi connectivity index (χ1) is 13.0. The Morgan fingerprint density at radius 2 is 1.63 bits per heavy atom. The number of fused-ring (bicyclic) bond motifs is 1. The number of hydrogen-bond donors (Lipinski definition) is 0. The number of hydrogen-bond acceptors (Lipinski definition) is 4. The third-order valence-corrected chi connectivity index (χ3v) is 5.34. The first-order valence-electron chi connectivity index (χ1n) is 8.39. The van der Waals surface area contributed by atoms with Gasteiger partial charge in [0.1, 0.15) is 5.65 Å². The maximum atomic E-state index is 11.7. The van der Waals surface area contributed by atoms with Crippen LogP contribution in [0, 0.1) is 0 Å². The third-order valence-electron chi connectivity index (χ3n) is 4.21. The molecule has 0 aliphatic heterocycles. The summed E-state index contributed by atoms with van der Waals surface area (Å²) in [5.41, 5.74) is 4.07. The van der Waals surface area contributed by atoms with Gasteiger partial charge in [-0.1, -0.05) is 36.4 Å². The highest BCUT2D eigenvalue weighted by atomic mass is 32.2. The Balaban J connectivity index is 1.84. The van der Waals surface area contributed by atoms with Crippen molar-refractivity contribution in [2.24, 2.45) is 4.99 Å². The van der Waals surface area contributed by atoms with Crippen molar-refractivity contribution in [2.45, 2.75) is 4.90 Å². The van der Waals surface area contributed by atoms with E-state index in [1.54, 1.807) is 30.5 Å². The number of nitrogens with zero attached hydrogens (tertiary/aromatic N) is 3. The van der Waals surface area contributed by atoms with Gasteiger partial charge < -0.3 is 0 Å². The molecule has 0 aliphatic rings. The van der Waals surface area contributed by atoms with Gasteiger partial charge in [0.2, 0.25) is 0 Å². The number of aliphatic imine (C=N–C) groups is 1. The summed E-state index contributed by atoms with van der Waals surface area (Å²) in [7, 11) is -3.23. The van der Waals surface area contributed by atoms with E-state index in [-0.39, 0.29) is 4.90 Å². The molecule has 2 aromatic heterocycles. The summed E-state index contributed by atoms with van der Waals surface area (Å²) in [6.45, 7) is 0. The Labute approximate surface area is 157 Å². The second-order valence-electron chi connectivity index (χ2n) is 6.16. The topological polar surface area (TPSA) is 63.8 Å². The second kappa shape index (κ2) is 6.81. The Morgan fingerprint density at radius 3 is 2.33 bits per heavy atom. The van der Waals surface area contributed by atoms with E-state index in [0.717, 1.165) is 28.3 Å². The lowest BCUT2D eigenvalue weighted by molar-refractivity contribution is 0.602. The van der Waals surface area contributed by atoms with E-state index in [4.69, 9.17) is 4.98 Å². The largest absolute Gasteiger partial charge is 0.298 e. The van der Waals surface area contributed by atoms with E-state index in [0.29, 0.717) is 0 Å². The standard InChI is InChI=1S/C21H17N3O2S/c1-27(25,26)18-12-10-16(11-13-18)21-19(15-22-17-7-3-2-4-8-17)24-14-6-5-9-20(24)23-21/h2-15H,1H3. The Bertz CT molecular complexity index is 1230. The monoisotopic (exact) mass is 375 g/mol. The summed E-state index contributed by atoms with van der Waals surface area (Å²) in [4.78, 5) is 9.56. The van der Waals surface area contributed by atoms with Gasteiger partial charge in [-0.15, -0.1) is 0 Å². The number of para-hydroxylation sites is 1. The molecule has 2 aromatic carbocycles. The third kappa shape index (κ3) is 3.52. The molecule has 0 atom stereocenters. The van der Waals surface area contributed by atoms with Crippen LogP contribution in [0.3, 0.4) is 0 Å². The van der Waals surface area contributed by atoms with Gasteiger partial charge in [0.05, 0.1) is 28.2 Å². The molecule has 4 rings (SSSR count). The van der Waals surface area contributed by atoms with Crippen molar-refractivity contribution in [3.8, 4) is 11.3 Å². The number of sulfone groups is 1. The second-order valence-corrected chi connectivity index (χ2v) is 8.18. The molecular weight excluding hydrogens is 358 g/mol. The lowest BCUT2D eigenvalue weighted by atomic mass is 10.1. The predicted molar refractivity (Wildman–Crippen MR) is 107 cm³/mol. The van der Waals surface area contributed by atoms with Gasteiger partial charge in [0.15, 0.2) is 9.84 Å². The molecule has 134 valence electrons. The van der Waals surface area contributed by atoms with Crippen LogP contribution in [0.15, 0.2) is 88.9 Å². The van der Waals surface area contributed by atoms with E-state index < -0.39 is 9.84 Å². The SMILES string of the molecule is CS(=O)(=O)c1ccc(-c2nc3ccccn3c2C=Nc2ccccc2)cc1. The highest BCUT2D eigenvalue weighted by Gasteiger charge is 2.14. The predicted octanol–water partition coefficient (Wildman–Crippen LogP) is 4.16. The van der Waals surface area contributed by atoms with Crippen molar-refractivity contribution in [1.29, 1.82) is 0 Å². The van der Waals surface area contributed by atoms with E-state index in [1.807, 2.05) is 59.1 Å². The van der Waals surface area contributed by atoms with Gasteiger partial charge in [0.25, 0.3) is 0 Å². The molecule has 6 heteroatoms. The first-order valence-corrected chi connectivity index (χ1v) is 10.3. The van der Waals surface area contributed by atoms with Gasteiger partial charge in [-0.25, -0.2) is 13.4 Å². The number of imidazole rings is 1. The van der Waals surface area contributed by atoms with Crippen molar-refractivity contribution in [1.82, 2.24) is 9.38 Å². The molecule has 5 nitrogen and oxygen atoms in total. The van der Waals surface area contributed by atoms with Crippen LogP contribution >= 0.6 is 0 Å². The van der Waals surface area contributed by atoms with Crippen molar-refractivity contribution >= 4 is 27.4 Å². The smallest absolute Gasteiger partial charge is 0.175 e. The lowest BCUT2D eigenvalue weighted by Crippen LogP contribution is -1.97. The Morgan fingerprint density at radius 1 is 0.926 bits per heavy atom. The van der Waals surface area contributed by atoms with Gasteiger partial charge in [0, 0.05) is 18.0 Å². The van der Waals surface area contributed by atoms with Crippen LogP contribution in [-0.2, 0) is 9.84 Å². The molecule has 4 aromatic rings. The molecule has 0 N–H and O–H groups in total. The quantitative estimate of drug-likeness (QED) is 0.503. The number of aromatic nitrogens is 2.